The minimum Gasteiger partial charge on any atom is -0.445 e. The molecule has 1 N–H and O–H groups in total. The molecule has 0 aliphatic carbocycles. The molecule has 10 heteroatoms. The fourth-order valence-electron chi connectivity index (χ4n) is 2.90. The van der Waals surface area contributed by atoms with E-state index in [1.807, 2.05) is 64.3 Å². The van der Waals surface area contributed by atoms with Crippen molar-refractivity contribution in [2.24, 2.45) is 0 Å². The summed E-state index contributed by atoms with van der Waals surface area (Å²) in [6, 6.07) is 9.48. The van der Waals surface area contributed by atoms with Gasteiger partial charge >= 0.3 is 13.2 Å². The maximum absolute atomic E-state index is 12.3. The number of carbonyl (C=O) groups is 1. The SMILES string of the molecule is CSc1ncc(C=C(CNC(=O)OCc2ccccc2)B2OC(C)(C)C(C)(C)O2)c(Cl)n1. The number of hydrogen-bond acceptors (Lipinski definition) is 7. The number of carbonyl (C=O) groups excluding carboxylic acids is 1. The third kappa shape index (κ3) is 6.04. The molecule has 1 aromatic heterocycles. The Balaban J connectivity index is 1.76. The summed E-state index contributed by atoms with van der Waals surface area (Å²) in [6.45, 7) is 8.19. The first-order valence-electron chi connectivity index (χ1n) is 10.2. The Kier molecular flexibility index (Phi) is 7.87. The second-order valence-corrected chi connectivity index (χ2v) is 9.46. The number of benzene rings is 1. The average molecular weight is 476 g/mol. The lowest BCUT2D eigenvalue weighted by molar-refractivity contribution is 0.00578. The minimum atomic E-state index is -0.675. The van der Waals surface area contributed by atoms with Crippen molar-refractivity contribution in [2.45, 2.75) is 50.7 Å². The van der Waals surface area contributed by atoms with E-state index in [0.717, 1.165) is 5.56 Å². The van der Waals surface area contributed by atoms with Gasteiger partial charge in [-0.3, -0.25) is 0 Å². The Bertz CT molecular complexity index is 972. The van der Waals surface area contributed by atoms with Crippen LogP contribution in [0.5, 0.6) is 0 Å². The van der Waals surface area contributed by atoms with Crippen molar-refractivity contribution < 1.29 is 18.8 Å². The highest BCUT2D eigenvalue weighted by Crippen LogP contribution is 2.39. The molecule has 2 aromatic rings. The lowest BCUT2D eigenvalue weighted by atomic mass is 9.77. The first-order chi connectivity index (χ1) is 15.1. The zero-order valence-electron chi connectivity index (χ0n) is 18.8. The molecule has 0 atom stereocenters. The van der Waals surface area contributed by atoms with Crippen LogP contribution in [0.1, 0.15) is 38.8 Å². The van der Waals surface area contributed by atoms with Crippen molar-refractivity contribution in [2.75, 3.05) is 12.8 Å². The summed E-state index contributed by atoms with van der Waals surface area (Å²) in [5.41, 5.74) is 1.11. The van der Waals surface area contributed by atoms with Crippen LogP contribution in [0.3, 0.4) is 0 Å². The van der Waals surface area contributed by atoms with E-state index in [2.05, 4.69) is 15.3 Å². The second-order valence-electron chi connectivity index (χ2n) is 8.33. The Morgan fingerprint density at radius 3 is 2.47 bits per heavy atom. The van der Waals surface area contributed by atoms with Gasteiger partial charge in [-0.15, -0.1) is 0 Å². The summed E-state index contributed by atoms with van der Waals surface area (Å²) in [7, 11) is -0.675. The maximum Gasteiger partial charge on any atom is 0.492 e. The maximum atomic E-state index is 12.3. The Labute approximate surface area is 198 Å². The van der Waals surface area contributed by atoms with Gasteiger partial charge in [0.2, 0.25) is 0 Å². The molecule has 7 nitrogen and oxygen atoms in total. The Hall–Kier alpha value is -2.07. The van der Waals surface area contributed by atoms with E-state index in [9.17, 15) is 4.79 Å². The molecular weight excluding hydrogens is 449 g/mol. The fraction of sp³-hybridized carbons (Fsp3) is 0.409. The number of alkyl carbamates (subject to hydrolysis) is 1. The van der Waals surface area contributed by atoms with Gasteiger partial charge in [0.15, 0.2) is 5.16 Å². The number of aromatic nitrogens is 2. The molecule has 0 saturated carbocycles. The fourth-order valence-corrected chi connectivity index (χ4v) is 3.47. The Morgan fingerprint density at radius 1 is 1.22 bits per heavy atom. The lowest BCUT2D eigenvalue weighted by Crippen LogP contribution is -2.41. The van der Waals surface area contributed by atoms with Crippen LogP contribution >= 0.6 is 23.4 Å². The zero-order valence-corrected chi connectivity index (χ0v) is 20.4. The van der Waals surface area contributed by atoms with Gasteiger partial charge in [0, 0.05) is 18.3 Å². The van der Waals surface area contributed by atoms with Gasteiger partial charge in [-0.05, 0) is 45.0 Å². The smallest absolute Gasteiger partial charge is 0.445 e. The summed E-state index contributed by atoms with van der Waals surface area (Å²) >= 11 is 7.75. The van der Waals surface area contributed by atoms with E-state index < -0.39 is 24.4 Å². The van der Waals surface area contributed by atoms with Crippen molar-refractivity contribution in [1.82, 2.24) is 15.3 Å². The number of amides is 1. The number of thioether (sulfide) groups is 1. The first kappa shape index (κ1) is 24.6. The molecule has 1 saturated heterocycles. The van der Waals surface area contributed by atoms with Gasteiger partial charge in [-0.1, -0.05) is 59.8 Å². The van der Waals surface area contributed by atoms with E-state index in [1.165, 1.54) is 11.8 Å². The minimum absolute atomic E-state index is 0.144. The second kappa shape index (κ2) is 10.3. The molecule has 1 aliphatic heterocycles. The molecule has 1 amide bonds. The number of halogens is 1. The molecule has 170 valence electrons. The number of nitrogens with zero attached hydrogens (tertiary/aromatic N) is 2. The molecule has 0 unspecified atom stereocenters. The van der Waals surface area contributed by atoms with Gasteiger partial charge in [0.1, 0.15) is 11.8 Å². The lowest BCUT2D eigenvalue weighted by Gasteiger charge is -2.32. The molecule has 3 rings (SSSR count). The van der Waals surface area contributed by atoms with Gasteiger partial charge in [0.25, 0.3) is 0 Å². The van der Waals surface area contributed by atoms with Gasteiger partial charge in [-0.25, -0.2) is 14.8 Å². The highest BCUT2D eigenvalue weighted by Gasteiger charge is 2.52. The number of hydrogen-bond donors (Lipinski definition) is 1. The molecule has 32 heavy (non-hydrogen) atoms. The predicted octanol–water partition coefficient (Wildman–Crippen LogP) is 4.79. The average Bonchev–Trinajstić information content (AvgIpc) is 2.98. The molecule has 1 aromatic carbocycles. The summed E-state index contributed by atoms with van der Waals surface area (Å²) in [6.07, 6.45) is 4.75. The van der Waals surface area contributed by atoms with E-state index in [4.69, 9.17) is 25.6 Å². The normalized spacial score (nSPS) is 17.3. The number of rotatable bonds is 7. The van der Waals surface area contributed by atoms with Crippen LogP contribution in [0.15, 0.2) is 47.2 Å². The molecule has 0 radical (unpaired) electrons. The summed E-state index contributed by atoms with van der Waals surface area (Å²) in [5.74, 6) is 0. The highest BCUT2D eigenvalue weighted by atomic mass is 35.5. The van der Waals surface area contributed by atoms with E-state index in [-0.39, 0.29) is 13.2 Å². The van der Waals surface area contributed by atoms with E-state index in [0.29, 0.717) is 21.3 Å². The van der Waals surface area contributed by atoms with Gasteiger partial charge in [-0.2, -0.15) is 0 Å². The molecule has 2 heterocycles. The van der Waals surface area contributed by atoms with Gasteiger partial charge < -0.3 is 19.4 Å². The van der Waals surface area contributed by atoms with Crippen LogP contribution in [0.4, 0.5) is 4.79 Å². The standard InChI is InChI=1S/C22H27BClN3O4S/c1-21(2)22(3,4)31-23(30-21)17(11-16-12-25-19(32-5)27-18(16)24)13-26-20(28)29-14-15-9-7-6-8-10-15/h6-12H,13-14H2,1-5H3,(H,26,28). The van der Waals surface area contributed by atoms with Crippen molar-refractivity contribution in [3.8, 4) is 0 Å². The topological polar surface area (TPSA) is 82.6 Å². The molecular formula is C22H27BClN3O4S. The van der Waals surface area contributed by atoms with E-state index >= 15 is 0 Å². The van der Waals surface area contributed by atoms with Crippen LogP contribution in [-0.4, -0.2) is 47.2 Å². The monoisotopic (exact) mass is 475 g/mol. The van der Waals surface area contributed by atoms with Gasteiger partial charge in [0.05, 0.1) is 11.2 Å². The van der Waals surface area contributed by atoms with Crippen molar-refractivity contribution in [3.63, 3.8) is 0 Å². The number of nitrogens with one attached hydrogen (secondary N) is 1. The van der Waals surface area contributed by atoms with Crippen molar-refractivity contribution in [1.29, 1.82) is 0 Å². The molecule has 0 bridgehead atoms. The largest absolute Gasteiger partial charge is 0.492 e. The van der Waals surface area contributed by atoms with Crippen LogP contribution in [0.2, 0.25) is 5.15 Å². The predicted molar refractivity (Wildman–Crippen MR) is 128 cm³/mol. The van der Waals surface area contributed by atoms with Crippen LogP contribution in [0.25, 0.3) is 6.08 Å². The third-order valence-corrected chi connectivity index (χ3v) is 6.34. The van der Waals surface area contributed by atoms with Crippen LogP contribution < -0.4 is 5.32 Å². The number of ether oxygens (including phenoxy) is 1. The summed E-state index contributed by atoms with van der Waals surface area (Å²) in [5, 5.41) is 3.66. The summed E-state index contributed by atoms with van der Waals surface area (Å²) in [4.78, 5) is 20.8. The molecule has 1 aliphatic rings. The van der Waals surface area contributed by atoms with Crippen LogP contribution in [-0.2, 0) is 20.7 Å². The van der Waals surface area contributed by atoms with Crippen molar-refractivity contribution >= 4 is 42.7 Å². The molecule has 1 fully saturated rings. The third-order valence-electron chi connectivity index (χ3n) is 5.48. The first-order valence-corrected chi connectivity index (χ1v) is 11.8. The van der Waals surface area contributed by atoms with Crippen LogP contribution in [0, 0.1) is 0 Å². The highest BCUT2D eigenvalue weighted by molar-refractivity contribution is 7.98. The quantitative estimate of drug-likeness (QED) is 0.267. The Morgan fingerprint density at radius 2 is 1.88 bits per heavy atom. The van der Waals surface area contributed by atoms with Crippen molar-refractivity contribution in [3.05, 3.63) is 58.3 Å². The summed E-state index contributed by atoms with van der Waals surface area (Å²) < 4.78 is 17.7. The molecule has 0 spiro atoms. The zero-order chi connectivity index (χ0) is 23.4. The van der Waals surface area contributed by atoms with E-state index in [1.54, 1.807) is 12.3 Å².